The average molecular weight is 384 g/mol. The highest BCUT2D eigenvalue weighted by molar-refractivity contribution is 5.70. The van der Waals surface area contributed by atoms with E-state index in [0.717, 1.165) is 28.2 Å². The van der Waals surface area contributed by atoms with Crippen molar-refractivity contribution in [1.29, 1.82) is 5.26 Å². The van der Waals surface area contributed by atoms with Gasteiger partial charge in [-0.05, 0) is 66.1 Å². The molecular formula is C22H17FN6. The van der Waals surface area contributed by atoms with Crippen LogP contribution in [-0.2, 0) is 6.54 Å². The highest BCUT2D eigenvalue weighted by Crippen LogP contribution is 2.26. The van der Waals surface area contributed by atoms with Crippen LogP contribution in [0, 0.1) is 24.1 Å². The molecule has 4 rings (SSSR count). The van der Waals surface area contributed by atoms with Crippen molar-refractivity contribution in [3.05, 3.63) is 83.6 Å². The van der Waals surface area contributed by atoms with Crippen LogP contribution in [0.1, 0.15) is 16.8 Å². The molecule has 0 saturated carbocycles. The molecule has 142 valence electrons. The molecule has 0 amide bonds. The zero-order chi connectivity index (χ0) is 20.2. The Morgan fingerprint density at radius 3 is 2.72 bits per heavy atom. The molecule has 0 bridgehead atoms. The number of anilines is 1. The summed E-state index contributed by atoms with van der Waals surface area (Å²) in [6.07, 6.45) is 2.92. The number of aryl methyl sites for hydroxylation is 1. The van der Waals surface area contributed by atoms with E-state index in [1.54, 1.807) is 12.3 Å². The van der Waals surface area contributed by atoms with Gasteiger partial charge in [-0.3, -0.25) is 10.1 Å². The largest absolute Gasteiger partial charge is 0.364 e. The number of aromatic nitrogens is 4. The van der Waals surface area contributed by atoms with E-state index in [4.69, 9.17) is 5.26 Å². The quantitative estimate of drug-likeness (QED) is 0.530. The smallest absolute Gasteiger partial charge is 0.141 e. The molecule has 0 aliphatic rings. The standard InChI is InChI=1S/C22H17FN6/c1-14-8-15(11-24)2-4-19(14)16-6-7-25-22(9-16)27-13-18-10-21(29-28-18)20-5-3-17(23)12-26-20/h2-10,12H,13H2,1H3,(H,25,27)(H,28,29). The Hall–Kier alpha value is -4.05. The summed E-state index contributed by atoms with van der Waals surface area (Å²) in [4.78, 5) is 8.40. The molecule has 7 heteroatoms. The van der Waals surface area contributed by atoms with E-state index in [1.807, 2.05) is 43.3 Å². The first kappa shape index (κ1) is 18.3. The molecule has 2 N–H and O–H groups in total. The zero-order valence-corrected chi connectivity index (χ0v) is 15.6. The topological polar surface area (TPSA) is 90.3 Å². The number of rotatable bonds is 5. The van der Waals surface area contributed by atoms with Gasteiger partial charge in [0.05, 0.1) is 35.8 Å². The van der Waals surface area contributed by atoms with Gasteiger partial charge in [-0.25, -0.2) is 9.37 Å². The third-order valence-electron chi connectivity index (χ3n) is 4.51. The Morgan fingerprint density at radius 2 is 1.97 bits per heavy atom. The number of benzene rings is 1. The summed E-state index contributed by atoms with van der Waals surface area (Å²) in [5.41, 5.74) is 5.86. The van der Waals surface area contributed by atoms with Gasteiger partial charge in [0, 0.05) is 6.20 Å². The lowest BCUT2D eigenvalue weighted by Crippen LogP contribution is -2.01. The first-order chi connectivity index (χ1) is 14.1. The second-order valence-corrected chi connectivity index (χ2v) is 6.56. The molecule has 0 aliphatic carbocycles. The van der Waals surface area contributed by atoms with Crippen LogP contribution in [0.3, 0.4) is 0 Å². The van der Waals surface area contributed by atoms with Gasteiger partial charge < -0.3 is 5.32 Å². The van der Waals surface area contributed by atoms with Gasteiger partial charge in [0.2, 0.25) is 0 Å². The Bertz CT molecular complexity index is 1190. The molecule has 29 heavy (non-hydrogen) atoms. The maximum atomic E-state index is 13.0. The normalized spacial score (nSPS) is 10.5. The Kier molecular flexibility index (Phi) is 4.99. The van der Waals surface area contributed by atoms with Crippen LogP contribution in [0.4, 0.5) is 10.2 Å². The van der Waals surface area contributed by atoms with Crippen LogP contribution < -0.4 is 5.32 Å². The van der Waals surface area contributed by atoms with Crippen molar-refractivity contribution >= 4 is 5.82 Å². The first-order valence-corrected chi connectivity index (χ1v) is 8.99. The Morgan fingerprint density at radius 1 is 1.07 bits per heavy atom. The van der Waals surface area contributed by atoms with Gasteiger partial charge in [-0.2, -0.15) is 10.4 Å². The summed E-state index contributed by atoms with van der Waals surface area (Å²) in [7, 11) is 0. The fourth-order valence-corrected chi connectivity index (χ4v) is 3.05. The predicted octanol–water partition coefficient (Wildman–Crippen LogP) is 4.47. The summed E-state index contributed by atoms with van der Waals surface area (Å²) in [6.45, 7) is 2.48. The molecule has 0 unspecified atom stereocenters. The second-order valence-electron chi connectivity index (χ2n) is 6.56. The number of nitriles is 1. The average Bonchev–Trinajstić information content (AvgIpc) is 3.22. The van der Waals surface area contributed by atoms with E-state index in [2.05, 4.69) is 31.6 Å². The van der Waals surface area contributed by atoms with E-state index < -0.39 is 0 Å². The fourth-order valence-electron chi connectivity index (χ4n) is 3.05. The molecule has 0 saturated heterocycles. The minimum atomic E-state index is -0.380. The Labute approximate surface area is 167 Å². The number of pyridine rings is 2. The molecule has 0 atom stereocenters. The van der Waals surface area contributed by atoms with E-state index in [9.17, 15) is 4.39 Å². The van der Waals surface area contributed by atoms with E-state index in [-0.39, 0.29) is 5.82 Å². The first-order valence-electron chi connectivity index (χ1n) is 8.99. The molecule has 0 radical (unpaired) electrons. The minimum absolute atomic E-state index is 0.380. The van der Waals surface area contributed by atoms with Crippen molar-refractivity contribution in [2.45, 2.75) is 13.5 Å². The summed E-state index contributed by atoms with van der Waals surface area (Å²) < 4.78 is 13.0. The van der Waals surface area contributed by atoms with Crippen molar-refractivity contribution < 1.29 is 4.39 Å². The third-order valence-corrected chi connectivity index (χ3v) is 4.51. The second kappa shape index (κ2) is 7.90. The molecule has 4 aromatic rings. The lowest BCUT2D eigenvalue weighted by Gasteiger charge is -2.09. The van der Waals surface area contributed by atoms with Gasteiger partial charge in [-0.15, -0.1) is 0 Å². The van der Waals surface area contributed by atoms with Crippen LogP contribution in [0.2, 0.25) is 0 Å². The number of hydrogen-bond acceptors (Lipinski definition) is 5. The van der Waals surface area contributed by atoms with Crippen LogP contribution >= 0.6 is 0 Å². The van der Waals surface area contributed by atoms with Crippen molar-refractivity contribution in [2.75, 3.05) is 5.32 Å². The Balaban J connectivity index is 1.48. The highest BCUT2D eigenvalue weighted by atomic mass is 19.1. The zero-order valence-electron chi connectivity index (χ0n) is 15.6. The number of H-pyrrole nitrogens is 1. The third kappa shape index (κ3) is 4.12. The predicted molar refractivity (Wildman–Crippen MR) is 108 cm³/mol. The van der Waals surface area contributed by atoms with Gasteiger partial charge in [-0.1, -0.05) is 6.07 Å². The van der Waals surface area contributed by atoms with Gasteiger partial charge in [0.1, 0.15) is 17.3 Å². The fraction of sp³-hybridized carbons (Fsp3) is 0.0909. The molecule has 0 spiro atoms. The number of hydrogen-bond donors (Lipinski definition) is 2. The maximum Gasteiger partial charge on any atom is 0.141 e. The van der Waals surface area contributed by atoms with Crippen LogP contribution in [0.15, 0.2) is 60.9 Å². The van der Waals surface area contributed by atoms with Gasteiger partial charge in [0.15, 0.2) is 0 Å². The van der Waals surface area contributed by atoms with Crippen molar-refractivity contribution in [3.63, 3.8) is 0 Å². The van der Waals surface area contributed by atoms with Gasteiger partial charge in [0.25, 0.3) is 0 Å². The molecule has 3 heterocycles. The summed E-state index contributed by atoms with van der Waals surface area (Å²) in [5, 5.41) is 19.5. The number of nitrogens with zero attached hydrogens (tertiary/aromatic N) is 4. The maximum absolute atomic E-state index is 13.0. The SMILES string of the molecule is Cc1cc(C#N)ccc1-c1ccnc(NCc2cc(-c3ccc(F)cn3)n[nH]2)c1. The van der Waals surface area contributed by atoms with Crippen LogP contribution in [0.25, 0.3) is 22.5 Å². The van der Waals surface area contributed by atoms with Crippen LogP contribution in [0.5, 0.6) is 0 Å². The molecule has 0 fully saturated rings. The molecular weight excluding hydrogens is 367 g/mol. The highest BCUT2D eigenvalue weighted by Gasteiger charge is 2.08. The van der Waals surface area contributed by atoms with E-state index in [0.29, 0.717) is 23.5 Å². The number of halogens is 1. The van der Waals surface area contributed by atoms with Crippen molar-refractivity contribution in [3.8, 4) is 28.6 Å². The number of aromatic amines is 1. The van der Waals surface area contributed by atoms with E-state index in [1.165, 1.54) is 12.3 Å². The number of nitrogens with one attached hydrogen (secondary N) is 2. The van der Waals surface area contributed by atoms with Crippen molar-refractivity contribution in [2.24, 2.45) is 0 Å². The summed E-state index contributed by atoms with van der Waals surface area (Å²) in [6, 6.07) is 16.5. The minimum Gasteiger partial charge on any atom is -0.364 e. The molecule has 3 aromatic heterocycles. The molecule has 6 nitrogen and oxygen atoms in total. The monoisotopic (exact) mass is 384 g/mol. The van der Waals surface area contributed by atoms with E-state index >= 15 is 0 Å². The lowest BCUT2D eigenvalue weighted by molar-refractivity contribution is 0.622. The van der Waals surface area contributed by atoms with Gasteiger partial charge >= 0.3 is 0 Å². The lowest BCUT2D eigenvalue weighted by atomic mass is 9.99. The molecule has 1 aromatic carbocycles. The van der Waals surface area contributed by atoms with Crippen LogP contribution in [-0.4, -0.2) is 20.2 Å². The summed E-state index contributed by atoms with van der Waals surface area (Å²) >= 11 is 0. The summed E-state index contributed by atoms with van der Waals surface area (Å²) in [5.74, 6) is 0.344. The van der Waals surface area contributed by atoms with Crippen molar-refractivity contribution in [1.82, 2.24) is 20.2 Å². The molecule has 0 aliphatic heterocycles.